The van der Waals surface area contributed by atoms with Crippen LogP contribution in [0.1, 0.15) is 43.2 Å². The van der Waals surface area contributed by atoms with E-state index in [4.69, 9.17) is 9.72 Å². The topological polar surface area (TPSA) is 44.1 Å². The van der Waals surface area contributed by atoms with Crippen LogP contribution in [0.3, 0.4) is 0 Å². The summed E-state index contributed by atoms with van der Waals surface area (Å²) in [5, 5.41) is 1.58. The second-order valence-corrected chi connectivity index (χ2v) is 9.80. The number of para-hydroxylation sites is 1. The molecule has 0 unspecified atom stereocenters. The summed E-state index contributed by atoms with van der Waals surface area (Å²) in [6.07, 6.45) is 1.99. The van der Waals surface area contributed by atoms with E-state index < -0.39 is 0 Å². The van der Waals surface area contributed by atoms with Crippen molar-refractivity contribution in [3.05, 3.63) is 50.6 Å². The first kappa shape index (κ1) is 19.7. The summed E-state index contributed by atoms with van der Waals surface area (Å²) < 4.78 is 7.86. The number of aryl methyl sites for hydroxylation is 1. The molecule has 2 aromatic heterocycles. The van der Waals surface area contributed by atoms with E-state index in [0.717, 1.165) is 55.7 Å². The van der Waals surface area contributed by atoms with Gasteiger partial charge in [0.05, 0.1) is 23.8 Å². The van der Waals surface area contributed by atoms with E-state index in [9.17, 15) is 4.79 Å². The molecule has 0 aliphatic carbocycles. The van der Waals surface area contributed by atoms with Gasteiger partial charge in [0.1, 0.15) is 4.83 Å². The Morgan fingerprint density at radius 2 is 2.14 bits per heavy atom. The van der Waals surface area contributed by atoms with Gasteiger partial charge in [0.15, 0.2) is 5.16 Å². The fraction of sp³-hybridized carbons (Fsp3) is 0.455. The molecule has 1 atom stereocenters. The van der Waals surface area contributed by atoms with Gasteiger partial charge < -0.3 is 4.74 Å². The number of thioether (sulfide) groups is 1. The molecule has 4 nitrogen and oxygen atoms in total. The maximum absolute atomic E-state index is 13.8. The number of fused-ring (bicyclic) bond motifs is 3. The van der Waals surface area contributed by atoms with Crippen LogP contribution in [0.15, 0.2) is 34.2 Å². The van der Waals surface area contributed by atoms with Gasteiger partial charge in [-0.1, -0.05) is 50.7 Å². The summed E-state index contributed by atoms with van der Waals surface area (Å²) in [6.45, 7) is 9.13. The summed E-state index contributed by atoms with van der Waals surface area (Å²) >= 11 is 3.28. The molecule has 0 bridgehead atoms. The molecule has 1 aliphatic rings. The monoisotopic (exact) mass is 414 g/mol. The Kier molecular flexibility index (Phi) is 5.63. The van der Waals surface area contributed by atoms with Crippen molar-refractivity contribution in [1.29, 1.82) is 0 Å². The molecular weight excluding hydrogens is 388 g/mol. The number of benzene rings is 1. The normalized spacial score (nSPS) is 16.7. The summed E-state index contributed by atoms with van der Waals surface area (Å²) in [5.74, 6) is 1.36. The second kappa shape index (κ2) is 8.01. The van der Waals surface area contributed by atoms with Crippen molar-refractivity contribution < 1.29 is 4.74 Å². The molecule has 4 rings (SSSR count). The van der Waals surface area contributed by atoms with Crippen molar-refractivity contribution in [1.82, 2.24) is 9.55 Å². The van der Waals surface area contributed by atoms with Crippen LogP contribution in [0.25, 0.3) is 15.9 Å². The van der Waals surface area contributed by atoms with Gasteiger partial charge in [-0.05, 0) is 36.5 Å². The highest BCUT2D eigenvalue weighted by Gasteiger charge is 2.28. The fourth-order valence-electron chi connectivity index (χ4n) is 3.65. The molecular formula is C22H26N2O2S2. The van der Waals surface area contributed by atoms with Crippen LogP contribution in [0.5, 0.6) is 0 Å². The third-order valence-corrected chi connectivity index (χ3v) is 7.49. The summed E-state index contributed by atoms with van der Waals surface area (Å²) in [4.78, 5) is 20.7. The van der Waals surface area contributed by atoms with Gasteiger partial charge in [-0.25, -0.2) is 4.98 Å². The smallest absolute Gasteiger partial charge is 0.267 e. The first-order valence-electron chi connectivity index (χ1n) is 9.89. The number of thiophene rings is 1. The van der Waals surface area contributed by atoms with Crippen LogP contribution in [0.2, 0.25) is 0 Å². The van der Waals surface area contributed by atoms with E-state index in [0.29, 0.717) is 12.5 Å². The zero-order chi connectivity index (χ0) is 19.8. The van der Waals surface area contributed by atoms with Crippen LogP contribution in [0.4, 0.5) is 0 Å². The minimum Gasteiger partial charge on any atom is -0.372 e. The summed E-state index contributed by atoms with van der Waals surface area (Å²) in [5.41, 5.74) is 3.21. The fourth-order valence-corrected chi connectivity index (χ4v) is 5.68. The van der Waals surface area contributed by atoms with Gasteiger partial charge in [0, 0.05) is 17.1 Å². The average molecular weight is 415 g/mol. The van der Waals surface area contributed by atoms with E-state index >= 15 is 0 Å². The third kappa shape index (κ3) is 3.42. The van der Waals surface area contributed by atoms with Gasteiger partial charge in [0.25, 0.3) is 5.56 Å². The molecule has 0 spiro atoms. The number of ether oxygens (including phenoxy) is 1. The van der Waals surface area contributed by atoms with Crippen LogP contribution >= 0.6 is 23.1 Å². The average Bonchev–Trinajstić information content (AvgIpc) is 3.05. The highest BCUT2D eigenvalue weighted by Crippen LogP contribution is 2.36. The van der Waals surface area contributed by atoms with Crippen molar-refractivity contribution in [2.45, 2.75) is 58.4 Å². The molecule has 0 saturated heterocycles. The van der Waals surface area contributed by atoms with Gasteiger partial charge in [-0.3, -0.25) is 9.36 Å². The minimum atomic E-state index is 0.0554. The van der Waals surface area contributed by atoms with Crippen LogP contribution in [0, 0.1) is 12.8 Å². The zero-order valence-corrected chi connectivity index (χ0v) is 18.5. The Bertz CT molecular complexity index is 1070. The Morgan fingerprint density at radius 1 is 1.36 bits per heavy atom. The van der Waals surface area contributed by atoms with Crippen LogP contribution < -0.4 is 5.56 Å². The standard InChI is InChI=1S/C22H26N2O2S2/c1-5-10-27-22-23-20-19(15-11-17(13(2)3)26-12-18(15)28-20)21(25)24(22)16-9-7-6-8-14(16)4/h6-9,13,17H,5,10-12H2,1-4H3/t17-/m0/s1. The van der Waals surface area contributed by atoms with Crippen molar-refractivity contribution in [2.24, 2.45) is 5.92 Å². The lowest BCUT2D eigenvalue weighted by Crippen LogP contribution is -2.28. The molecule has 28 heavy (non-hydrogen) atoms. The lowest BCUT2D eigenvalue weighted by Gasteiger charge is -2.26. The highest BCUT2D eigenvalue weighted by atomic mass is 32.2. The Hall–Kier alpha value is -1.63. The third-order valence-electron chi connectivity index (χ3n) is 5.25. The van der Waals surface area contributed by atoms with E-state index in [2.05, 4.69) is 20.8 Å². The zero-order valence-electron chi connectivity index (χ0n) is 16.8. The largest absolute Gasteiger partial charge is 0.372 e. The SMILES string of the molecule is CCCSc1nc2sc3c(c2c(=O)n1-c1ccccc1C)C[C@@H](C(C)C)OC3. The molecule has 1 aliphatic heterocycles. The first-order chi connectivity index (χ1) is 13.5. The maximum Gasteiger partial charge on any atom is 0.267 e. The predicted octanol–water partition coefficient (Wildman–Crippen LogP) is 5.36. The maximum atomic E-state index is 13.8. The van der Waals surface area contributed by atoms with Crippen molar-refractivity contribution in [3.63, 3.8) is 0 Å². The predicted molar refractivity (Wildman–Crippen MR) is 118 cm³/mol. The Labute approximate surface area is 174 Å². The molecule has 3 aromatic rings. The molecule has 0 fully saturated rings. The van der Waals surface area contributed by atoms with E-state index in [-0.39, 0.29) is 11.7 Å². The highest BCUT2D eigenvalue weighted by molar-refractivity contribution is 7.99. The molecule has 0 N–H and O–H groups in total. The van der Waals surface area contributed by atoms with Gasteiger partial charge in [0.2, 0.25) is 0 Å². The molecule has 0 radical (unpaired) electrons. The molecule has 0 amide bonds. The summed E-state index contributed by atoms with van der Waals surface area (Å²) in [6, 6.07) is 8.05. The molecule has 6 heteroatoms. The number of rotatable bonds is 5. The van der Waals surface area contributed by atoms with E-state index in [1.807, 2.05) is 35.8 Å². The number of nitrogens with zero attached hydrogens (tertiary/aromatic N) is 2. The Morgan fingerprint density at radius 3 is 2.86 bits per heavy atom. The molecule has 1 aromatic carbocycles. The van der Waals surface area contributed by atoms with Crippen LogP contribution in [-0.2, 0) is 17.8 Å². The van der Waals surface area contributed by atoms with Crippen LogP contribution in [-0.4, -0.2) is 21.4 Å². The molecule has 0 saturated carbocycles. The Balaban J connectivity index is 1.96. The van der Waals surface area contributed by atoms with E-state index in [1.165, 1.54) is 0 Å². The molecule has 148 valence electrons. The quantitative estimate of drug-likeness (QED) is 0.417. The van der Waals surface area contributed by atoms with E-state index in [1.54, 1.807) is 23.1 Å². The van der Waals surface area contributed by atoms with Crippen molar-refractivity contribution in [2.75, 3.05) is 5.75 Å². The number of hydrogen-bond acceptors (Lipinski definition) is 5. The van der Waals surface area contributed by atoms with Crippen molar-refractivity contribution >= 4 is 33.3 Å². The van der Waals surface area contributed by atoms with Gasteiger partial charge in [-0.15, -0.1) is 11.3 Å². The lowest BCUT2D eigenvalue weighted by atomic mass is 9.96. The number of hydrogen-bond donors (Lipinski definition) is 0. The lowest BCUT2D eigenvalue weighted by molar-refractivity contribution is 0.00200. The van der Waals surface area contributed by atoms with Gasteiger partial charge in [-0.2, -0.15) is 0 Å². The minimum absolute atomic E-state index is 0.0554. The second-order valence-electron chi connectivity index (χ2n) is 7.65. The van der Waals surface area contributed by atoms with Crippen molar-refractivity contribution in [3.8, 4) is 5.69 Å². The summed E-state index contributed by atoms with van der Waals surface area (Å²) in [7, 11) is 0. The number of aromatic nitrogens is 2. The van der Waals surface area contributed by atoms with Gasteiger partial charge >= 0.3 is 0 Å². The first-order valence-corrected chi connectivity index (χ1v) is 11.7. The molecule has 3 heterocycles.